The van der Waals surface area contributed by atoms with Crippen LogP contribution in [0.1, 0.15) is 52.7 Å². The molecule has 292 valence electrons. The van der Waals surface area contributed by atoms with Gasteiger partial charge in [-0.15, -0.1) is 11.3 Å². The van der Waals surface area contributed by atoms with Gasteiger partial charge in [-0.3, -0.25) is 0 Å². The average molecular weight is 796 g/mol. The van der Waals surface area contributed by atoms with Crippen LogP contribution in [0.2, 0.25) is 0 Å². The summed E-state index contributed by atoms with van der Waals surface area (Å²) in [5.41, 5.74) is 14.0. The number of furan rings is 2. The topological polar surface area (TPSA) is 29.5 Å². The number of thiophene rings is 1. The molecule has 8 aromatic carbocycles. The average Bonchev–Trinajstić information content (AvgIpc) is 3.95. The maximum Gasteiger partial charge on any atom is 0.159 e. The fourth-order valence-corrected chi connectivity index (χ4v) is 10.8. The second kappa shape index (κ2) is 13.5. The third kappa shape index (κ3) is 5.77. The van der Waals surface area contributed by atoms with Crippen molar-refractivity contribution in [2.24, 2.45) is 0 Å². The van der Waals surface area contributed by atoms with E-state index >= 15 is 0 Å². The quantitative estimate of drug-likeness (QED) is 0.174. The van der Waals surface area contributed by atoms with Gasteiger partial charge in [-0.1, -0.05) is 169 Å². The van der Waals surface area contributed by atoms with Crippen molar-refractivity contribution in [2.75, 3.05) is 4.90 Å². The van der Waals surface area contributed by atoms with Crippen molar-refractivity contribution in [1.29, 1.82) is 0 Å². The Morgan fingerprint density at radius 2 is 0.883 bits per heavy atom. The van der Waals surface area contributed by atoms with E-state index in [1.807, 2.05) is 17.4 Å². The van der Waals surface area contributed by atoms with Crippen LogP contribution in [0.4, 0.5) is 17.1 Å². The molecule has 0 unspecified atom stereocenters. The third-order valence-corrected chi connectivity index (χ3v) is 13.5. The summed E-state index contributed by atoms with van der Waals surface area (Å²) >= 11 is 1.92. The molecule has 0 amide bonds. The lowest BCUT2D eigenvalue weighted by Crippen LogP contribution is -2.10. The van der Waals surface area contributed by atoms with Crippen molar-refractivity contribution >= 4 is 92.4 Å². The van der Waals surface area contributed by atoms with E-state index in [4.69, 9.17) is 8.83 Å². The summed E-state index contributed by atoms with van der Waals surface area (Å²) in [6.07, 6.45) is 0. The molecule has 3 aromatic heterocycles. The van der Waals surface area contributed by atoms with Gasteiger partial charge in [-0.2, -0.15) is 0 Å². The van der Waals surface area contributed by atoms with Gasteiger partial charge in [-0.25, -0.2) is 0 Å². The Kier molecular flexibility index (Phi) is 8.18. The van der Waals surface area contributed by atoms with Gasteiger partial charge in [0.15, 0.2) is 5.58 Å². The molecule has 0 spiro atoms. The highest BCUT2D eigenvalue weighted by atomic mass is 32.1. The summed E-state index contributed by atoms with van der Waals surface area (Å²) in [6.45, 7) is 13.6. The Morgan fingerprint density at radius 3 is 1.55 bits per heavy atom. The van der Waals surface area contributed by atoms with E-state index in [1.165, 1.54) is 42.4 Å². The maximum atomic E-state index is 6.78. The molecule has 0 radical (unpaired) electrons. The molecule has 0 aliphatic rings. The number of nitrogens with zero attached hydrogens (tertiary/aromatic N) is 1. The van der Waals surface area contributed by atoms with E-state index < -0.39 is 0 Å². The summed E-state index contributed by atoms with van der Waals surface area (Å²) in [7, 11) is 0. The van der Waals surface area contributed by atoms with Crippen LogP contribution in [0.15, 0.2) is 173 Å². The lowest BCUT2D eigenvalue weighted by atomic mass is 9.86. The molecule has 0 bridgehead atoms. The zero-order valence-corrected chi connectivity index (χ0v) is 35.6. The van der Waals surface area contributed by atoms with Crippen LogP contribution in [0.3, 0.4) is 0 Å². The Balaban J connectivity index is 1.04. The number of fused-ring (bicyclic) bond motifs is 9. The number of rotatable bonds is 5. The number of benzene rings is 8. The van der Waals surface area contributed by atoms with Gasteiger partial charge in [0.05, 0.1) is 5.69 Å². The van der Waals surface area contributed by atoms with Crippen molar-refractivity contribution in [1.82, 2.24) is 0 Å². The first-order valence-corrected chi connectivity index (χ1v) is 21.7. The Morgan fingerprint density at radius 1 is 0.383 bits per heavy atom. The van der Waals surface area contributed by atoms with E-state index in [9.17, 15) is 0 Å². The van der Waals surface area contributed by atoms with E-state index in [1.54, 1.807) is 0 Å². The second-order valence-electron chi connectivity index (χ2n) is 18.1. The van der Waals surface area contributed by atoms with Crippen LogP contribution >= 0.6 is 11.3 Å². The number of hydrogen-bond donors (Lipinski definition) is 0. The maximum absolute atomic E-state index is 6.78. The van der Waals surface area contributed by atoms with Gasteiger partial charge in [0.1, 0.15) is 16.7 Å². The van der Waals surface area contributed by atoms with E-state index in [0.717, 1.165) is 72.1 Å². The standard InChI is InChI=1S/C56H45NO2S/c1-55(2,3)46-22-11-18-43-42-17-9-15-38(50(42)59-51(43)46)34-26-30-36(31-27-34)57(48-24-13-19-41-40-14-7-8-25-49(40)58-52(41)48)37-32-28-35(29-33-37)39-16-10-20-44-45-21-12-23-47(56(4,5)6)54(45)60-53(39)44/h7-33H,1-6H3. The summed E-state index contributed by atoms with van der Waals surface area (Å²) in [5, 5.41) is 7.15. The monoisotopic (exact) mass is 795 g/mol. The normalized spacial score (nSPS) is 12.5. The zero-order valence-electron chi connectivity index (χ0n) is 34.8. The van der Waals surface area contributed by atoms with Gasteiger partial charge < -0.3 is 13.7 Å². The first-order valence-electron chi connectivity index (χ1n) is 20.8. The molecule has 0 saturated carbocycles. The fraction of sp³-hybridized carbons (Fsp3) is 0.143. The summed E-state index contributed by atoms with van der Waals surface area (Å²) < 4.78 is 16.1. The van der Waals surface area contributed by atoms with Gasteiger partial charge in [0, 0.05) is 64.2 Å². The number of hydrogen-bond acceptors (Lipinski definition) is 4. The minimum atomic E-state index is -0.0400. The SMILES string of the molecule is CC(C)(C)c1cccc2c1oc1c(-c3ccc(N(c4ccc(-c5cccc6c5sc5c(C(C)(C)C)cccc56)cc4)c4cccc5c4oc4ccccc45)cc3)cccc12. The van der Waals surface area contributed by atoms with Gasteiger partial charge in [-0.05, 0) is 69.5 Å². The molecule has 0 aliphatic carbocycles. The molecule has 3 nitrogen and oxygen atoms in total. The van der Waals surface area contributed by atoms with Crippen molar-refractivity contribution in [2.45, 2.75) is 52.4 Å². The molecule has 60 heavy (non-hydrogen) atoms. The first-order chi connectivity index (χ1) is 29.0. The predicted octanol–water partition coefficient (Wildman–Crippen LogP) is 17.3. The van der Waals surface area contributed by atoms with Gasteiger partial charge >= 0.3 is 0 Å². The largest absolute Gasteiger partial charge is 0.455 e. The van der Waals surface area contributed by atoms with Crippen LogP contribution in [0.5, 0.6) is 0 Å². The predicted molar refractivity (Wildman–Crippen MR) is 257 cm³/mol. The van der Waals surface area contributed by atoms with Crippen LogP contribution in [-0.4, -0.2) is 0 Å². The lowest BCUT2D eigenvalue weighted by molar-refractivity contribution is 0.573. The molecule has 0 N–H and O–H groups in total. The third-order valence-electron chi connectivity index (χ3n) is 12.2. The summed E-state index contributed by atoms with van der Waals surface area (Å²) in [6, 6.07) is 59.2. The Labute approximate surface area is 354 Å². The van der Waals surface area contributed by atoms with Crippen LogP contribution in [0.25, 0.3) is 86.3 Å². The van der Waals surface area contributed by atoms with Crippen molar-refractivity contribution < 1.29 is 8.83 Å². The highest BCUT2D eigenvalue weighted by Crippen LogP contribution is 2.47. The molecule has 11 aromatic rings. The van der Waals surface area contributed by atoms with Crippen molar-refractivity contribution in [3.05, 3.63) is 175 Å². The second-order valence-corrected chi connectivity index (χ2v) is 19.1. The molecular formula is C56H45NO2S. The Hall–Kier alpha value is -6.62. The fourth-order valence-electron chi connectivity index (χ4n) is 9.19. The van der Waals surface area contributed by atoms with Crippen LogP contribution in [-0.2, 0) is 10.8 Å². The molecule has 0 saturated heterocycles. The molecule has 0 aliphatic heterocycles. The van der Waals surface area contributed by atoms with Crippen LogP contribution in [0, 0.1) is 0 Å². The molecule has 11 rings (SSSR count). The summed E-state index contributed by atoms with van der Waals surface area (Å²) in [4.78, 5) is 2.32. The zero-order chi connectivity index (χ0) is 40.9. The van der Waals surface area contributed by atoms with Crippen molar-refractivity contribution in [3.8, 4) is 22.3 Å². The van der Waals surface area contributed by atoms with E-state index in [-0.39, 0.29) is 10.8 Å². The molecule has 0 atom stereocenters. The molecule has 4 heteroatoms. The van der Waals surface area contributed by atoms with Crippen molar-refractivity contribution in [3.63, 3.8) is 0 Å². The summed E-state index contributed by atoms with van der Waals surface area (Å²) in [5.74, 6) is 0. The van der Waals surface area contributed by atoms with Gasteiger partial charge in [0.2, 0.25) is 0 Å². The van der Waals surface area contributed by atoms with Crippen LogP contribution < -0.4 is 4.90 Å². The minimum absolute atomic E-state index is 0.0400. The highest BCUT2D eigenvalue weighted by molar-refractivity contribution is 7.26. The molecule has 3 heterocycles. The molecule has 0 fully saturated rings. The van der Waals surface area contributed by atoms with Gasteiger partial charge in [0.25, 0.3) is 0 Å². The number of anilines is 3. The smallest absolute Gasteiger partial charge is 0.159 e. The molecular weight excluding hydrogens is 751 g/mol. The number of para-hydroxylation sites is 4. The lowest BCUT2D eigenvalue weighted by Gasteiger charge is -2.26. The minimum Gasteiger partial charge on any atom is -0.455 e. The first kappa shape index (κ1) is 36.5. The van der Waals surface area contributed by atoms with E-state index in [2.05, 4.69) is 204 Å². The van der Waals surface area contributed by atoms with E-state index in [0.29, 0.717) is 0 Å². The highest BCUT2D eigenvalue weighted by Gasteiger charge is 2.24. The Bertz CT molecular complexity index is 3260.